The molecule has 2 aromatic rings. The van der Waals surface area contributed by atoms with Crippen LogP contribution in [0.3, 0.4) is 0 Å². The van der Waals surface area contributed by atoms with Crippen LogP contribution in [0.5, 0.6) is 5.75 Å². The van der Waals surface area contributed by atoms with Gasteiger partial charge in [0, 0.05) is 12.1 Å². The van der Waals surface area contributed by atoms with E-state index in [0.717, 1.165) is 12.8 Å². The SMILES string of the molecule is CCCC(Nc1cc(C=O)nc(Nc2ccccc2O)n1)C(C)(C)C. The molecular weight excluding hydrogens is 316 g/mol. The maximum atomic E-state index is 11.2. The number of nitrogens with one attached hydrogen (secondary N) is 2. The van der Waals surface area contributed by atoms with Gasteiger partial charge in [0.05, 0.1) is 5.69 Å². The zero-order chi connectivity index (χ0) is 18.4. The van der Waals surface area contributed by atoms with Crippen LogP contribution in [0.25, 0.3) is 0 Å². The Hall–Kier alpha value is -2.63. The zero-order valence-electron chi connectivity index (χ0n) is 15.2. The quantitative estimate of drug-likeness (QED) is 0.512. The summed E-state index contributed by atoms with van der Waals surface area (Å²) in [5.41, 5.74) is 0.810. The van der Waals surface area contributed by atoms with E-state index in [9.17, 15) is 9.90 Å². The number of carbonyl (C=O) groups excluding carboxylic acids is 1. The molecule has 0 bridgehead atoms. The minimum absolute atomic E-state index is 0.0492. The molecule has 0 amide bonds. The molecule has 1 unspecified atom stereocenters. The van der Waals surface area contributed by atoms with Crippen LogP contribution in [-0.4, -0.2) is 27.4 Å². The normalized spacial score (nSPS) is 12.5. The number of para-hydroxylation sites is 2. The van der Waals surface area contributed by atoms with Crippen LogP contribution in [0.15, 0.2) is 30.3 Å². The van der Waals surface area contributed by atoms with Gasteiger partial charge in [0.1, 0.15) is 17.3 Å². The van der Waals surface area contributed by atoms with Gasteiger partial charge in [0.15, 0.2) is 6.29 Å². The number of hydrogen-bond donors (Lipinski definition) is 3. The molecule has 1 aromatic carbocycles. The van der Waals surface area contributed by atoms with E-state index in [4.69, 9.17) is 0 Å². The molecule has 0 saturated heterocycles. The van der Waals surface area contributed by atoms with Crippen LogP contribution in [0.1, 0.15) is 51.0 Å². The fraction of sp³-hybridized carbons (Fsp3) is 0.421. The summed E-state index contributed by atoms with van der Waals surface area (Å²) in [6, 6.07) is 8.66. The molecule has 0 aliphatic rings. The van der Waals surface area contributed by atoms with Crippen molar-refractivity contribution in [3.63, 3.8) is 0 Å². The highest BCUT2D eigenvalue weighted by atomic mass is 16.3. The maximum Gasteiger partial charge on any atom is 0.229 e. The van der Waals surface area contributed by atoms with Crippen LogP contribution < -0.4 is 10.6 Å². The lowest BCUT2D eigenvalue weighted by Gasteiger charge is -2.32. The number of aromatic nitrogens is 2. The fourth-order valence-electron chi connectivity index (χ4n) is 2.54. The van der Waals surface area contributed by atoms with Crippen molar-refractivity contribution in [1.82, 2.24) is 9.97 Å². The van der Waals surface area contributed by atoms with Gasteiger partial charge in [-0.3, -0.25) is 4.79 Å². The number of benzene rings is 1. The number of aldehydes is 1. The summed E-state index contributed by atoms with van der Waals surface area (Å²) in [4.78, 5) is 19.9. The third-order valence-electron chi connectivity index (χ3n) is 3.96. The van der Waals surface area contributed by atoms with Gasteiger partial charge in [-0.15, -0.1) is 0 Å². The van der Waals surface area contributed by atoms with Gasteiger partial charge >= 0.3 is 0 Å². The molecule has 0 saturated carbocycles. The first-order chi connectivity index (χ1) is 11.8. The topological polar surface area (TPSA) is 87.1 Å². The number of phenolic OH excluding ortho intramolecular Hbond substituents is 1. The fourth-order valence-corrected chi connectivity index (χ4v) is 2.54. The maximum absolute atomic E-state index is 11.2. The van der Waals surface area contributed by atoms with E-state index in [1.807, 2.05) is 0 Å². The average Bonchev–Trinajstić information content (AvgIpc) is 2.55. The molecule has 0 fully saturated rings. The smallest absolute Gasteiger partial charge is 0.229 e. The van der Waals surface area contributed by atoms with Crippen molar-refractivity contribution in [3.8, 4) is 5.75 Å². The van der Waals surface area contributed by atoms with E-state index < -0.39 is 0 Å². The van der Waals surface area contributed by atoms with Gasteiger partial charge in [0.25, 0.3) is 0 Å². The first-order valence-corrected chi connectivity index (χ1v) is 8.49. The van der Waals surface area contributed by atoms with E-state index in [1.54, 1.807) is 30.3 Å². The average molecular weight is 342 g/mol. The first-order valence-electron chi connectivity index (χ1n) is 8.49. The Balaban J connectivity index is 2.30. The third kappa shape index (κ3) is 5.17. The molecule has 2 rings (SSSR count). The molecule has 0 radical (unpaired) electrons. The second kappa shape index (κ2) is 7.96. The summed E-state index contributed by atoms with van der Waals surface area (Å²) < 4.78 is 0. The van der Waals surface area contributed by atoms with Gasteiger partial charge in [-0.1, -0.05) is 46.2 Å². The van der Waals surface area contributed by atoms with Crippen LogP contribution in [0.4, 0.5) is 17.5 Å². The summed E-state index contributed by atoms with van der Waals surface area (Å²) in [5, 5.41) is 16.3. The number of nitrogens with zero attached hydrogens (tertiary/aromatic N) is 2. The Morgan fingerprint density at radius 2 is 1.96 bits per heavy atom. The molecule has 6 heteroatoms. The van der Waals surface area contributed by atoms with E-state index in [2.05, 4.69) is 48.3 Å². The molecule has 25 heavy (non-hydrogen) atoms. The summed E-state index contributed by atoms with van der Waals surface area (Å²) in [5.74, 6) is 0.941. The summed E-state index contributed by atoms with van der Waals surface area (Å²) in [6.45, 7) is 8.65. The van der Waals surface area contributed by atoms with Crippen molar-refractivity contribution in [2.75, 3.05) is 10.6 Å². The molecule has 1 heterocycles. The van der Waals surface area contributed by atoms with Crippen LogP contribution in [-0.2, 0) is 0 Å². The number of carbonyl (C=O) groups is 1. The summed E-state index contributed by atoms with van der Waals surface area (Å²) in [6.07, 6.45) is 2.73. The van der Waals surface area contributed by atoms with Gasteiger partial charge in [-0.25, -0.2) is 4.98 Å². The minimum Gasteiger partial charge on any atom is -0.506 e. The predicted octanol–water partition coefficient (Wildman–Crippen LogP) is 4.37. The van der Waals surface area contributed by atoms with E-state index >= 15 is 0 Å². The molecule has 0 aliphatic heterocycles. The molecule has 1 aromatic heterocycles. The summed E-state index contributed by atoms with van der Waals surface area (Å²) in [7, 11) is 0. The largest absolute Gasteiger partial charge is 0.506 e. The van der Waals surface area contributed by atoms with Gasteiger partial charge in [0.2, 0.25) is 5.95 Å². The Kier molecular flexibility index (Phi) is 5.96. The van der Waals surface area contributed by atoms with Crippen LogP contribution in [0.2, 0.25) is 0 Å². The monoisotopic (exact) mass is 342 g/mol. The van der Waals surface area contributed by atoms with Crippen molar-refractivity contribution in [2.45, 2.75) is 46.6 Å². The molecule has 6 nitrogen and oxygen atoms in total. The van der Waals surface area contributed by atoms with Gasteiger partial charge in [-0.2, -0.15) is 4.98 Å². The Morgan fingerprint density at radius 3 is 2.56 bits per heavy atom. The lowest BCUT2D eigenvalue weighted by Crippen LogP contribution is -2.34. The summed E-state index contributed by atoms with van der Waals surface area (Å²) >= 11 is 0. The highest BCUT2D eigenvalue weighted by molar-refractivity contribution is 5.75. The molecule has 3 N–H and O–H groups in total. The molecule has 1 atom stereocenters. The number of anilines is 3. The van der Waals surface area contributed by atoms with Crippen molar-refractivity contribution >= 4 is 23.7 Å². The minimum atomic E-state index is 0.0492. The van der Waals surface area contributed by atoms with Crippen molar-refractivity contribution < 1.29 is 9.90 Å². The van der Waals surface area contributed by atoms with E-state index in [0.29, 0.717) is 17.8 Å². The molecular formula is C19H26N4O2. The molecule has 134 valence electrons. The van der Waals surface area contributed by atoms with Crippen molar-refractivity contribution in [3.05, 3.63) is 36.0 Å². The molecule has 0 aliphatic carbocycles. The highest BCUT2D eigenvalue weighted by Crippen LogP contribution is 2.28. The van der Waals surface area contributed by atoms with Crippen molar-refractivity contribution in [2.24, 2.45) is 5.41 Å². The van der Waals surface area contributed by atoms with Crippen LogP contribution in [0, 0.1) is 5.41 Å². The Bertz CT molecular complexity index is 726. The second-order valence-electron chi connectivity index (χ2n) is 7.11. The second-order valence-corrected chi connectivity index (χ2v) is 7.11. The number of rotatable bonds is 7. The van der Waals surface area contributed by atoms with Crippen molar-refractivity contribution in [1.29, 1.82) is 0 Å². The lowest BCUT2D eigenvalue weighted by molar-refractivity contribution is 0.111. The van der Waals surface area contributed by atoms with Crippen LogP contribution >= 0.6 is 0 Å². The van der Waals surface area contributed by atoms with Gasteiger partial charge < -0.3 is 15.7 Å². The molecule has 0 spiro atoms. The lowest BCUT2D eigenvalue weighted by atomic mass is 9.84. The standard InChI is InChI=1S/C19H26N4O2/c1-5-8-16(19(2,3)4)22-17-11-13(12-24)20-18(23-17)21-14-9-6-7-10-15(14)25/h6-7,9-12,16,25H,5,8H2,1-4H3,(H2,20,21,22,23). The Morgan fingerprint density at radius 1 is 1.24 bits per heavy atom. The number of hydrogen-bond acceptors (Lipinski definition) is 6. The first kappa shape index (κ1) is 18.7. The Labute approximate surface area is 148 Å². The predicted molar refractivity (Wildman–Crippen MR) is 101 cm³/mol. The highest BCUT2D eigenvalue weighted by Gasteiger charge is 2.24. The third-order valence-corrected chi connectivity index (χ3v) is 3.96. The van der Waals surface area contributed by atoms with E-state index in [1.165, 1.54) is 0 Å². The zero-order valence-corrected chi connectivity index (χ0v) is 15.2. The van der Waals surface area contributed by atoms with Gasteiger partial charge in [-0.05, 0) is 24.0 Å². The number of aromatic hydroxyl groups is 1. The number of phenols is 1. The van der Waals surface area contributed by atoms with E-state index in [-0.39, 0.29) is 28.8 Å².